The Bertz CT molecular complexity index is 1790. The summed E-state index contributed by atoms with van der Waals surface area (Å²) in [6, 6.07) is 11.7. The second kappa shape index (κ2) is 31.2. The first-order valence-electron chi connectivity index (χ1n) is 22.4. The molecule has 2 unspecified atom stereocenters. The molecule has 5 heterocycles. The van der Waals surface area contributed by atoms with Crippen molar-refractivity contribution in [2.45, 2.75) is 99.7 Å². The molecule has 2 aromatic rings. The first-order valence-corrected chi connectivity index (χ1v) is 27.0. The van der Waals surface area contributed by atoms with E-state index < -0.39 is 0 Å². The van der Waals surface area contributed by atoms with Crippen molar-refractivity contribution >= 4 is 67.8 Å². The van der Waals surface area contributed by atoms with Crippen LogP contribution in [0.3, 0.4) is 0 Å². The fourth-order valence-corrected chi connectivity index (χ4v) is 11.4. The zero-order valence-corrected chi connectivity index (χ0v) is 41.3. The van der Waals surface area contributed by atoms with Gasteiger partial charge >= 0.3 is 18.3 Å². The summed E-state index contributed by atoms with van der Waals surface area (Å²) in [6.45, 7) is 21.9. The Hall–Kier alpha value is -3.87. The minimum Gasteiger partial charge on any atom is -0.448 e. The lowest BCUT2D eigenvalue weighted by Crippen LogP contribution is -2.47. The number of carbonyl (C=O) groups excluding carboxylic acids is 5. The molecule has 8 rings (SSSR count). The minimum absolute atomic E-state index is 0.113. The van der Waals surface area contributed by atoms with E-state index in [2.05, 4.69) is 48.5 Å². The minimum atomic E-state index is -0.305. The monoisotopic (exact) mass is 983 g/mol. The van der Waals surface area contributed by atoms with Crippen LogP contribution in [0.25, 0.3) is 0 Å². The third-order valence-electron chi connectivity index (χ3n) is 11.2. The Balaban J connectivity index is 0.000000211. The van der Waals surface area contributed by atoms with Crippen molar-refractivity contribution in [1.82, 2.24) is 25.1 Å². The first kappa shape index (κ1) is 54.7. The molecular formula is C48H65N5O9S4. The van der Waals surface area contributed by atoms with Gasteiger partial charge in [-0.3, -0.25) is 9.80 Å². The number of rotatable bonds is 13. The Morgan fingerprint density at radius 2 is 1.29 bits per heavy atom. The summed E-state index contributed by atoms with van der Waals surface area (Å²) >= 11 is 0. The molecule has 3 aliphatic heterocycles. The van der Waals surface area contributed by atoms with Gasteiger partial charge in [-0.2, -0.15) is 9.59 Å². The van der Waals surface area contributed by atoms with Crippen LogP contribution in [0.4, 0.5) is 9.59 Å². The Labute approximate surface area is 406 Å². The van der Waals surface area contributed by atoms with Gasteiger partial charge in [0.1, 0.15) is 35.8 Å². The molecule has 360 valence electrons. The quantitative estimate of drug-likeness (QED) is 0.0871. The van der Waals surface area contributed by atoms with E-state index in [9.17, 15) is 14.4 Å². The fraction of sp³-hybridized carbons (Fsp3) is 0.542. The number of aromatic nitrogens is 2. The number of carbonyl (C=O) groups is 3. The van der Waals surface area contributed by atoms with Gasteiger partial charge in [-0.25, -0.2) is 19.6 Å². The molecule has 0 bridgehead atoms. The van der Waals surface area contributed by atoms with E-state index in [0.717, 1.165) is 85.1 Å². The van der Waals surface area contributed by atoms with Crippen LogP contribution in [-0.4, -0.2) is 120 Å². The van der Waals surface area contributed by atoms with Crippen LogP contribution >= 0.6 is 43.2 Å². The van der Waals surface area contributed by atoms with Gasteiger partial charge in [-0.1, -0.05) is 89.3 Å². The smallest absolute Gasteiger partial charge is 0.411 e. The molecule has 1 N–H and O–H groups in total. The number of nitrogens with zero attached hydrogens (tertiary/aromatic N) is 4. The van der Waals surface area contributed by atoms with Crippen LogP contribution < -0.4 is 5.32 Å². The molecular weight excluding hydrogens is 919 g/mol. The molecule has 0 spiro atoms. The molecule has 2 aromatic heterocycles. The lowest BCUT2D eigenvalue weighted by Gasteiger charge is -2.27. The number of hydrogen-bond donors (Lipinski definition) is 1. The van der Waals surface area contributed by atoms with Crippen LogP contribution in [0.1, 0.15) is 71.1 Å². The lowest BCUT2D eigenvalue weighted by atomic mass is 10.1. The topological polar surface area (TPSA) is 167 Å². The standard InChI is InChI=1S/C17H22N2O3S2.C16H21N3O3S2.C7H10O.C7H12.CO2/c1-13-5-6-14(12-13)16-19(8-9-21-16)17(20)22-10-11-23-24-15-4-2-3-7-18-15;1-12-10-13(18-11-12)15-19(6-7-21-15)16(20)22-8-9-23-24-14-4-2-3-5-17-14;1-6-2-3-7(4-6)5-8;1-6-3-4-7(2)5-6;2-1-3/h2-4,7,14,16H,1,5-6,8-12H2;2-5,13,15,18H,1,6-11H2;5,7H,1-4H2;7H,1,3-5H2,2H3;/t14-,16?;13-,15?;2*7-;/m0000./s1. The highest BCUT2D eigenvalue weighted by molar-refractivity contribution is 8.77. The van der Waals surface area contributed by atoms with E-state index in [1.165, 1.54) is 36.0 Å². The van der Waals surface area contributed by atoms with E-state index in [1.807, 2.05) is 36.4 Å². The summed E-state index contributed by atoms with van der Waals surface area (Å²) < 4.78 is 22.3. The number of amides is 2. The number of pyridine rings is 2. The lowest BCUT2D eigenvalue weighted by molar-refractivity contribution is -0.191. The number of aldehydes is 1. The van der Waals surface area contributed by atoms with Gasteiger partial charge in [-0.15, -0.1) is 0 Å². The van der Waals surface area contributed by atoms with E-state index in [4.69, 9.17) is 28.5 Å². The molecule has 2 amide bonds. The normalized spacial score (nSPS) is 24.1. The third kappa shape index (κ3) is 20.2. The predicted octanol–water partition coefficient (Wildman–Crippen LogP) is 9.83. The molecule has 14 nitrogen and oxygen atoms in total. The molecule has 18 heteroatoms. The van der Waals surface area contributed by atoms with E-state index in [-0.39, 0.29) is 36.8 Å². The van der Waals surface area contributed by atoms with Crippen molar-refractivity contribution in [3.63, 3.8) is 0 Å². The van der Waals surface area contributed by atoms with Gasteiger partial charge in [0.15, 0.2) is 6.23 Å². The van der Waals surface area contributed by atoms with Crippen molar-refractivity contribution in [2.24, 2.45) is 17.8 Å². The second-order valence-electron chi connectivity index (χ2n) is 16.5. The van der Waals surface area contributed by atoms with Crippen molar-refractivity contribution in [1.29, 1.82) is 0 Å². The van der Waals surface area contributed by atoms with E-state index in [0.29, 0.717) is 57.1 Å². The highest BCUT2D eigenvalue weighted by Gasteiger charge is 2.40. The first-order chi connectivity index (χ1) is 32.0. The SMILES string of the molecule is C=C1CC[C@H](C)C1.C=C1CC[C@H](C2OCCN2C(=O)OCCSSc2ccccn2)C1.C=C1CC[C@H](C=O)C1.C=C1CN[C@H](C2OCCN2C(=O)OCCSSc2ccccn2)C1.O=C=O. The number of ether oxygens (including phenoxy) is 4. The Morgan fingerprint density at radius 1 is 0.758 bits per heavy atom. The second-order valence-corrected chi connectivity index (χ2v) is 21.4. The molecule has 3 aliphatic carbocycles. The zero-order chi connectivity index (χ0) is 47.5. The maximum absolute atomic E-state index is 12.3. The number of allylic oxidation sites excluding steroid dienone is 3. The van der Waals surface area contributed by atoms with Gasteiger partial charge in [0.05, 0.1) is 32.3 Å². The molecule has 3 saturated carbocycles. The number of nitrogens with one attached hydrogen (secondary N) is 1. The van der Waals surface area contributed by atoms with E-state index >= 15 is 0 Å². The summed E-state index contributed by atoms with van der Waals surface area (Å²) in [5.41, 5.74) is 5.09. The average Bonchev–Trinajstić information content (AvgIpc) is 4.19. The predicted molar refractivity (Wildman–Crippen MR) is 262 cm³/mol. The molecule has 6 fully saturated rings. The molecule has 6 atom stereocenters. The van der Waals surface area contributed by atoms with Gasteiger partial charge in [0.2, 0.25) is 0 Å². The van der Waals surface area contributed by atoms with Crippen molar-refractivity contribution in [3.05, 3.63) is 97.4 Å². The molecule has 6 aliphatic rings. The summed E-state index contributed by atoms with van der Waals surface area (Å²) in [7, 11) is 6.43. The average molecular weight is 984 g/mol. The Morgan fingerprint density at radius 3 is 1.70 bits per heavy atom. The third-order valence-corrected chi connectivity index (χ3v) is 15.7. The van der Waals surface area contributed by atoms with Gasteiger partial charge in [-0.05, 0) is 116 Å². The molecule has 66 heavy (non-hydrogen) atoms. The highest BCUT2D eigenvalue weighted by Crippen LogP contribution is 2.36. The maximum atomic E-state index is 12.3. The summed E-state index contributed by atoms with van der Waals surface area (Å²) in [6.07, 6.45) is 14.7. The maximum Gasteiger partial charge on any atom is 0.411 e. The van der Waals surface area contributed by atoms with Gasteiger partial charge < -0.3 is 29.1 Å². The van der Waals surface area contributed by atoms with Crippen LogP contribution in [-0.2, 0) is 33.3 Å². The van der Waals surface area contributed by atoms with Crippen molar-refractivity contribution in [3.8, 4) is 0 Å². The van der Waals surface area contributed by atoms with E-state index in [1.54, 1.807) is 65.4 Å². The largest absolute Gasteiger partial charge is 0.448 e. The molecule has 3 saturated heterocycles. The summed E-state index contributed by atoms with van der Waals surface area (Å²) in [4.78, 5) is 62.8. The van der Waals surface area contributed by atoms with Crippen molar-refractivity contribution < 1.29 is 42.9 Å². The van der Waals surface area contributed by atoms with Crippen LogP contribution in [0.5, 0.6) is 0 Å². The zero-order valence-electron chi connectivity index (χ0n) is 38.0. The highest BCUT2D eigenvalue weighted by atomic mass is 33.1. The summed E-state index contributed by atoms with van der Waals surface area (Å²) in [5, 5.41) is 5.25. The summed E-state index contributed by atoms with van der Waals surface area (Å²) in [5.74, 6) is 3.02. The van der Waals surface area contributed by atoms with Gasteiger partial charge in [0.25, 0.3) is 0 Å². The van der Waals surface area contributed by atoms with Crippen molar-refractivity contribution in [2.75, 3.05) is 57.6 Å². The van der Waals surface area contributed by atoms with Gasteiger partial charge in [0, 0.05) is 42.3 Å². The number of hydrogen-bond acceptors (Lipinski definition) is 16. The van der Waals surface area contributed by atoms with Crippen LogP contribution in [0.2, 0.25) is 0 Å². The Kier molecular flexibility index (Phi) is 25.9. The van der Waals surface area contributed by atoms with Crippen LogP contribution in [0, 0.1) is 17.8 Å². The van der Waals surface area contributed by atoms with Crippen LogP contribution in [0.15, 0.2) is 107 Å². The molecule has 0 aromatic carbocycles. The fourth-order valence-electron chi connectivity index (χ4n) is 7.95. The molecule has 0 radical (unpaired) electrons.